The van der Waals surface area contributed by atoms with Gasteiger partial charge in [-0.15, -0.1) is 21.5 Å². The lowest BCUT2D eigenvalue weighted by Gasteiger charge is -2.24. The first-order valence-electron chi connectivity index (χ1n) is 12.7. The number of sulfonamides is 1. The Morgan fingerprint density at radius 2 is 1.90 bits per heavy atom. The second kappa shape index (κ2) is 11.8. The molecule has 0 saturated heterocycles. The molecule has 1 fully saturated rings. The minimum Gasteiger partial charge on any atom is -0.481 e. The van der Waals surface area contributed by atoms with Crippen molar-refractivity contribution in [2.45, 2.75) is 76.4 Å². The molecule has 1 aliphatic carbocycles. The molecule has 1 aromatic carbocycles. The highest BCUT2D eigenvalue weighted by atomic mass is 35.5. The zero-order valence-electron chi connectivity index (χ0n) is 22.2. The second-order valence-corrected chi connectivity index (χ2v) is 14.0. The average molecular weight is 656 g/mol. The summed E-state index contributed by atoms with van der Waals surface area (Å²) in [6, 6.07) is 0.203. The van der Waals surface area contributed by atoms with Crippen LogP contribution in [-0.2, 0) is 27.7 Å². The van der Waals surface area contributed by atoms with Crippen molar-refractivity contribution in [2.24, 2.45) is 11.3 Å². The summed E-state index contributed by atoms with van der Waals surface area (Å²) >= 11 is 14.0. The highest BCUT2D eigenvalue weighted by Crippen LogP contribution is 2.45. The van der Waals surface area contributed by atoms with Crippen LogP contribution >= 0.6 is 34.5 Å². The maximum atomic E-state index is 13.2. The van der Waals surface area contributed by atoms with E-state index < -0.39 is 50.0 Å². The Kier molecular flexibility index (Phi) is 9.11. The van der Waals surface area contributed by atoms with E-state index in [1.807, 2.05) is 0 Å². The lowest BCUT2D eigenvalue weighted by atomic mass is 9.82. The number of nitrogens with zero attached hydrogens (tertiary/aromatic N) is 3. The molecule has 1 saturated carbocycles. The third kappa shape index (κ3) is 6.87. The molecule has 4 rings (SSSR count). The summed E-state index contributed by atoms with van der Waals surface area (Å²) in [4.78, 5) is 16.2. The number of hydrogen-bond acceptors (Lipinski definition) is 8. The average Bonchev–Trinajstić information content (AvgIpc) is 3.47. The molecule has 16 heteroatoms. The van der Waals surface area contributed by atoms with Crippen LogP contribution in [0.1, 0.15) is 58.0 Å². The van der Waals surface area contributed by atoms with Gasteiger partial charge in [-0.25, -0.2) is 13.4 Å². The Bertz CT molecular complexity index is 1550. The van der Waals surface area contributed by atoms with Crippen LogP contribution in [0.25, 0.3) is 21.3 Å². The van der Waals surface area contributed by atoms with Gasteiger partial charge in [0.05, 0.1) is 26.0 Å². The van der Waals surface area contributed by atoms with Gasteiger partial charge in [0.2, 0.25) is 15.9 Å². The van der Waals surface area contributed by atoms with Crippen molar-refractivity contribution in [2.75, 3.05) is 0 Å². The first-order chi connectivity index (χ1) is 19.0. The number of halogens is 5. The maximum absolute atomic E-state index is 13.2. The van der Waals surface area contributed by atoms with Crippen molar-refractivity contribution in [1.82, 2.24) is 19.9 Å². The Labute approximate surface area is 248 Å². The van der Waals surface area contributed by atoms with Crippen LogP contribution < -0.4 is 4.72 Å². The summed E-state index contributed by atoms with van der Waals surface area (Å²) in [6.45, 7) is 4.28. The number of rotatable bonds is 11. The van der Waals surface area contributed by atoms with Crippen LogP contribution in [0.2, 0.25) is 10.0 Å². The molecule has 2 heterocycles. The van der Waals surface area contributed by atoms with E-state index >= 15 is 0 Å². The fraction of sp³-hybridized carbons (Fsp3) is 0.520. The maximum Gasteiger partial charge on any atom is 0.404 e. The quantitative estimate of drug-likeness (QED) is 0.231. The van der Waals surface area contributed by atoms with Gasteiger partial charge in [-0.2, -0.15) is 17.9 Å². The summed E-state index contributed by atoms with van der Waals surface area (Å²) in [6.07, 6.45) is -1.59. The Balaban J connectivity index is 1.71. The van der Waals surface area contributed by atoms with Gasteiger partial charge in [0.25, 0.3) is 5.89 Å². The number of hydrogen-bond donors (Lipinski definition) is 2. The van der Waals surface area contributed by atoms with E-state index in [0.29, 0.717) is 33.5 Å². The van der Waals surface area contributed by atoms with E-state index in [1.54, 1.807) is 4.72 Å². The Morgan fingerprint density at radius 1 is 1.22 bits per heavy atom. The smallest absolute Gasteiger partial charge is 0.404 e. The number of aromatic nitrogens is 3. The van der Waals surface area contributed by atoms with Gasteiger partial charge < -0.3 is 9.52 Å². The topological polar surface area (TPSA) is 135 Å². The molecule has 0 aliphatic heterocycles. The fourth-order valence-corrected chi connectivity index (χ4v) is 7.45. The number of alkyl halides is 3. The predicted octanol–water partition coefficient (Wildman–Crippen LogP) is 6.78. The number of nitrogens with one attached hydrogen (secondary N) is 1. The Hall–Kier alpha value is -2.26. The zero-order chi connectivity index (χ0) is 30.3. The van der Waals surface area contributed by atoms with Crippen molar-refractivity contribution < 1.29 is 35.9 Å². The van der Waals surface area contributed by atoms with Gasteiger partial charge in [0, 0.05) is 12.0 Å². The number of carboxylic acids is 1. The molecule has 1 atom stereocenters. The number of thiazole rings is 1. The number of benzene rings is 1. The molecule has 0 radical (unpaired) electrons. The number of carboxylic acid groups (broad SMARTS) is 1. The molecule has 0 spiro atoms. The standard InChI is InChI=1S/C25H27Cl2F3N4O5S2/c1-4-16(25(28,29)30)34-41(37,38)15-9-8-13(18(26)19(15)27)20-14(10-12-6-5-7-12)31-22(40-20)21-33-32-17(39-21)11-24(2,3)23(35)36/h8-9,12,16,34H,4-7,10-11H2,1-3H3,(H,35,36). The predicted molar refractivity (Wildman–Crippen MR) is 147 cm³/mol. The lowest BCUT2D eigenvalue weighted by molar-refractivity contribution is -0.151. The van der Waals surface area contributed by atoms with Crippen LogP contribution in [0.5, 0.6) is 0 Å². The summed E-state index contributed by atoms with van der Waals surface area (Å²) in [5.74, 6) is -0.440. The molecule has 3 aromatic rings. The van der Waals surface area contributed by atoms with E-state index in [-0.39, 0.29) is 23.2 Å². The fourth-order valence-electron chi connectivity index (χ4n) is 4.17. The molecule has 41 heavy (non-hydrogen) atoms. The molecular formula is C25H27Cl2F3N4O5S2. The second-order valence-electron chi connectivity index (χ2n) is 10.5. The van der Waals surface area contributed by atoms with Crippen LogP contribution in [-0.4, -0.2) is 46.9 Å². The summed E-state index contributed by atoms with van der Waals surface area (Å²) in [5, 5.41) is 17.2. The van der Waals surface area contributed by atoms with E-state index in [1.165, 1.54) is 26.8 Å². The molecule has 0 amide bonds. The first kappa shape index (κ1) is 31.7. The zero-order valence-corrected chi connectivity index (χ0v) is 25.3. The van der Waals surface area contributed by atoms with Gasteiger partial charge in [-0.3, -0.25) is 4.79 Å². The highest BCUT2D eigenvalue weighted by molar-refractivity contribution is 7.89. The van der Waals surface area contributed by atoms with Gasteiger partial charge >= 0.3 is 12.1 Å². The van der Waals surface area contributed by atoms with Crippen molar-refractivity contribution in [3.8, 4) is 21.3 Å². The highest BCUT2D eigenvalue weighted by Gasteiger charge is 2.41. The van der Waals surface area contributed by atoms with Crippen LogP contribution in [0.15, 0.2) is 21.4 Å². The van der Waals surface area contributed by atoms with Gasteiger partial charge in [-0.05, 0) is 38.7 Å². The third-order valence-electron chi connectivity index (χ3n) is 6.91. The number of carbonyl (C=O) groups is 1. The SMILES string of the molecule is CCC(NS(=O)(=O)c1ccc(-c2sc(-c3nnc(CC(C)(C)C(=O)O)o3)nc2CC2CCC2)c(Cl)c1Cl)C(F)(F)F. The van der Waals surface area contributed by atoms with Crippen molar-refractivity contribution in [3.05, 3.63) is 33.8 Å². The summed E-state index contributed by atoms with van der Waals surface area (Å²) in [5.41, 5.74) is -0.135. The summed E-state index contributed by atoms with van der Waals surface area (Å²) in [7, 11) is -4.66. The normalized spacial score (nSPS) is 15.6. The van der Waals surface area contributed by atoms with Crippen molar-refractivity contribution in [1.29, 1.82) is 0 Å². The number of aliphatic carboxylic acids is 1. The molecule has 9 nitrogen and oxygen atoms in total. The molecule has 1 unspecified atom stereocenters. The van der Waals surface area contributed by atoms with Crippen molar-refractivity contribution >= 4 is 50.5 Å². The third-order valence-corrected chi connectivity index (χ3v) is 10.5. The van der Waals surface area contributed by atoms with E-state index in [0.717, 1.165) is 36.7 Å². The van der Waals surface area contributed by atoms with Crippen LogP contribution in [0.3, 0.4) is 0 Å². The lowest BCUT2D eigenvalue weighted by Crippen LogP contribution is -2.44. The minimum absolute atomic E-state index is 0.00112. The summed E-state index contributed by atoms with van der Waals surface area (Å²) < 4.78 is 72.8. The van der Waals surface area contributed by atoms with Gasteiger partial charge in [-0.1, -0.05) is 55.5 Å². The molecular weight excluding hydrogens is 628 g/mol. The van der Waals surface area contributed by atoms with E-state index in [9.17, 15) is 31.5 Å². The monoisotopic (exact) mass is 654 g/mol. The molecule has 2 aromatic heterocycles. The Morgan fingerprint density at radius 3 is 2.46 bits per heavy atom. The molecule has 0 bridgehead atoms. The van der Waals surface area contributed by atoms with Crippen LogP contribution in [0.4, 0.5) is 13.2 Å². The molecule has 2 N–H and O–H groups in total. The van der Waals surface area contributed by atoms with Crippen molar-refractivity contribution in [3.63, 3.8) is 0 Å². The first-order valence-corrected chi connectivity index (χ1v) is 15.7. The molecule has 224 valence electrons. The minimum atomic E-state index is -4.79. The van der Waals surface area contributed by atoms with Gasteiger partial charge in [0.15, 0.2) is 5.01 Å². The molecule has 1 aliphatic rings. The van der Waals surface area contributed by atoms with Crippen LogP contribution in [0, 0.1) is 11.3 Å². The van der Waals surface area contributed by atoms with E-state index in [4.69, 9.17) is 32.6 Å². The largest absolute Gasteiger partial charge is 0.481 e. The van der Waals surface area contributed by atoms with Gasteiger partial charge in [0.1, 0.15) is 10.9 Å². The van der Waals surface area contributed by atoms with E-state index in [2.05, 4.69) is 10.2 Å².